The van der Waals surface area contributed by atoms with Crippen molar-refractivity contribution in [2.45, 2.75) is 50.4 Å². The third kappa shape index (κ3) is 3.89. The number of hydrogen-bond donors (Lipinski definition) is 1. The van der Waals surface area contributed by atoms with Gasteiger partial charge in [-0.2, -0.15) is 5.10 Å². The number of aromatic amines is 1. The molecule has 2 aromatic rings. The molecule has 0 bridgehead atoms. The van der Waals surface area contributed by atoms with Crippen molar-refractivity contribution in [3.63, 3.8) is 0 Å². The Kier molecular flexibility index (Phi) is 4.91. The third-order valence-corrected chi connectivity index (χ3v) is 5.48. The van der Waals surface area contributed by atoms with Crippen LogP contribution in [0.5, 0.6) is 5.75 Å². The van der Waals surface area contributed by atoms with E-state index < -0.39 is 0 Å². The van der Waals surface area contributed by atoms with Gasteiger partial charge in [0.15, 0.2) is 5.82 Å². The molecule has 0 atom stereocenters. The number of nitrogens with zero attached hydrogens (tertiary/aromatic N) is 3. The van der Waals surface area contributed by atoms with Gasteiger partial charge in [-0.25, -0.2) is 4.98 Å². The summed E-state index contributed by atoms with van der Waals surface area (Å²) in [6, 6.07) is 7.94. The van der Waals surface area contributed by atoms with Gasteiger partial charge in [0.25, 0.3) is 0 Å². The number of hydrogen-bond acceptors (Lipinski definition) is 4. The zero-order valence-corrected chi connectivity index (χ0v) is 15.3. The molecule has 1 saturated carbocycles. The van der Waals surface area contributed by atoms with Crippen molar-refractivity contribution in [3.8, 4) is 5.75 Å². The quantitative estimate of drug-likeness (QED) is 0.865. The molecule has 6 nitrogen and oxygen atoms in total. The van der Waals surface area contributed by atoms with Gasteiger partial charge in [0.05, 0.1) is 7.11 Å². The minimum atomic E-state index is 0.246. The van der Waals surface area contributed by atoms with Crippen LogP contribution in [0.1, 0.15) is 61.2 Å². The van der Waals surface area contributed by atoms with Crippen molar-refractivity contribution in [2.24, 2.45) is 0 Å². The second kappa shape index (κ2) is 7.48. The Labute approximate surface area is 154 Å². The molecule has 2 heterocycles. The van der Waals surface area contributed by atoms with E-state index in [1.165, 1.54) is 18.4 Å². The highest BCUT2D eigenvalue weighted by atomic mass is 16.5. The fourth-order valence-corrected chi connectivity index (χ4v) is 3.60. The van der Waals surface area contributed by atoms with E-state index in [4.69, 9.17) is 4.74 Å². The number of ether oxygens (including phenoxy) is 1. The monoisotopic (exact) mass is 354 g/mol. The van der Waals surface area contributed by atoms with Crippen LogP contribution in [0.4, 0.5) is 0 Å². The molecule has 0 unspecified atom stereocenters. The first kappa shape index (κ1) is 17.1. The Morgan fingerprint density at radius 3 is 2.54 bits per heavy atom. The number of nitrogens with one attached hydrogen (secondary N) is 1. The van der Waals surface area contributed by atoms with Gasteiger partial charge in [-0.3, -0.25) is 9.89 Å². The van der Waals surface area contributed by atoms with E-state index in [1.54, 1.807) is 7.11 Å². The molecule has 1 aliphatic carbocycles. The van der Waals surface area contributed by atoms with Gasteiger partial charge in [-0.1, -0.05) is 12.1 Å². The average molecular weight is 354 g/mol. The number of piperidine rings is 1. The van der Waals surface area contributed by atoms with Crippen molar-refractivity contribution < 1.29 is 9.53 Å². The summed E-state index contributed by atoms with van der Waals surface area (Å²) in [5, 5.41) is 7.48. The van der Waals surface area contributed by atoms with Crippen molar-refractivity contribution in [1.29, 1.82) is 0 Å². The Hall–Kier alpha value is -2.37. The van der Waals surface area contributed by atoms with Crippen molar-refractivity contribution in [1.82, 2.24) is 20.1 Å². The lowest BCUT2D eigenvalue weighted by Crippen LogP contribution is -2.38. The number of aromatic nitrogens is 3. The van der Waals surface area contributed by atoms with E-state index in [0.717, 1.165) is 49.8 Å². The third-order valence-electron chi connectivity index (χ3n) is 5.48. The minimum Gasteiger partial charge on any atom is -0.497 e. The van der Waals surface area contributed by atoms with Gasteiger partial charge in [-0.15, -0.1) is 0 Å². The molecule has 4 rings (SSSR count). The molecule has 1 aliphatic heterocycles. The maximum atomic E-state index is 12.5. The molecule has 1 saturated heterocycles. The molecule has 2 fully saturated rings. The number of carbonyl (C=O) groups is 1. The largest absolute Gasteiger partial charge is 0.497 e. The van der Waals surface area contributed by atoms with Crippen LogP contribution in [0.15, 0.2) is 24.3 Å². The fourth-order valence-electron chi connectivity index (χ4n) is 3.60. The molecular weight excluding hydrogens is 328 g/mol. The van der Waals surface area contributed by atoms with Crippen molar-refractivity contribution >= 4 is 5.91 Å². The molecule has 0 radical (unpaired) electrons. The zero-order chi connectivity index (χ0) is 17.9. The summed E-state index contributed by atoms with van der Waals surface area (Å²) in [5.74, 6) is 4.07. The van der Waals surface area contributed by atoms with E-state index in [0.29, 0.717) is 18.3 Å². The van der Waals surface area contributed by atoms with E-state index in [2.05, 4.69) is 15.2 Å². The van der Waals surface area contributed by atoms with Crippen molar-refractivity contribution in [3.05, 3.63) is 41.5 Å². The Bertz CT molecular complexity index is 743. The summed E-state index contributed by atoms with van der Waals surface area (Å²) < 4.78 is 5.17. The maximum Gasteiger partial charge on any atom is 0.222 e. The summed E-state index contributed by atoms with van der Waals surface area (Å²) in [4.78, 5) is 19.2. The summed E-state index contributed by atoms with van der Waals surface area (Å²) in [6.45, 7) is 1.62. The topological polar surface area (TPSA) is 71.1 Å². The Morgan fingerprint density at radius 2 is 1.88 bits per heavy atom. The maximum absolute atomic E-state index is 12.5. The van der Waals surface area contributed by atoms with Crippen LogP contribution < -0.4 is 4.74 Å². The number of amides is 1. The molecule has 1 aromatic carbocycles. The van der Waals surface area contributed by atoms with Gasteiger partial charge >= 0.3 is 0 Å². The fraction of sp³-hybridized carbons (Fsp3) is 0.550. The predicted octanol–water partition coefficient (Wildman–Crippen LogP) is 3.03. The number of benzene rings is 1. The second-order valence-corrected chi connectivity index (χ2v) is 7.36. The van der Waals surface area contributed by atoms with Crippen LogP contribution >= 0.6 is 0 Å². The molecule has 2 aliphatic rings. The van der Waals surface area contributed by atoms with Gasteiger partial charge in [0.1, 0.15) is 11.6 Å². The molecule has 1 amide bonds. The van der Waals surface area contributed by atoms with Gasteiger partial charge in [0, 0.05) is 31.3 Å². The van der Waals surface area contributed by atoms with Crippen LogP contribution in [0.2, 0.25) is 0 Å². The summed E-state index contributed by atoms with van der Waals surface area (Å²) in [5.41, 5.74) is 1.17. The molecule has 138 valence electrons. The van der Waals surface area contributed by atoms with Gasteiger partial charge in [0.2, 0.25) is 5.91 Å². The summed E-state index contributed by atoms with van der Waals surface area (Å²) in [7, 11) is 1.66. The second-order valence-electron chi connectivity index (χ2n) is 7.36. The van der Waals surface area contributed by atoms with E-state index in [9.17, 15) is 4.79 Å². The molecule has 1 aromatic heterocycles. The first-order chi connectivity index (χ1) is 12.7. The first-order valence-corrected chi connectivity index (χ1v) is 9.56. The van der Waals surface area contributed by atoms with Crippen LogP contribution in [0.25, 0.3) is 0 Å². The molecule has 6 heteroatoms. The molecule has 1 N–H and O–H groups in total. The van der Waals surface area contributed by atoms with E-state index in [-0.39, 0.29) is 5.91 Å². The number of rotatable bonds is 6. The Morgan fingerprint density at radius 1 is 1.15 bits per heavy atom. The standard InChI is InChI=1S/C20H26N4O2/c1-26-17-7-2-14(3-8-17)4-9-18(25)24-12-10-16(11-13-24)20-21-19(22-23-20)15-5-6-15/h2-3,7-8,15-16H,4-6,9-13H2,1H3,(H,21,22,23). The molecular formula is C20H26N4O2. The number of methoxy groups -OCH3 is 1. The lowest BCUT2D eigenvalue weighted by atomic mass is 9.95. The SMILES string of the molecule is COc1ccc(CCC(=O)N2CCC(c3nc(C4CC4)n[nH]3)CC2)cc1. The minimum absolute atomic E-state index is 0.246. The van der Waals surface area contributed by atoms with E-state index in [1.807, 2.05) is 29.2 Å². The smallest absolute Gasteiger partial charge is 0.222 e. The van der Waals surface area contributed by atoms with Gasteiger partial charge in [-0.05, 0) is 49.8 Å². The normalized spacial score (nSPS) is 18.1. The van der Waals surface area contributed by atoms with Crippen LogP contribution in [-0.4, -0.2) is 46.2 Å². The van der Waals surface area contributed by atoms with Crippen LogP contribution in [0, 0.1) is 0 Å². The van der Waals surface area contributed by atoms with Crippen molar-refractivity contribution in [2.75, 3.05) is 20.2 Å². The predicted molar refractivity (Wildman–Crippen MR) is 98.2 cm³/mol. The van der Waals surface area contributed by atoms with E-state index >= 15 is 0 Å². The lowest BCUT2D eigenvalue weighted by molar-refractivity contribution is -0.132. The highest BCUT2D eigenvalue weighted by Crippen LogP contribution is 2.38. The summed E-state index contributed by atoms with van der Waals surface area (Å²) >= 11 is 0. The van der Waals surface area contributed by atoms with Crippen LogP contribution in [-0.2, 0) is 11.2 Å². The highest BCUT2D eigenvalue weighted by Gasteiger charge is 2.30. The lowest BCUT2D eigenvalue weighted by Gasteiger charge is -2.31. The summed E-state index contributed by atoms with van der Waals surface area (Å²) in [6.07, 6.45) is 5.71. The highest BCUT2D eigenvalue weighted by molar-refractivity contribution is 5.76. The number of carbonyl (C=O) groups excluding carboxylic acids is 1. The number of H-pyrrole nitrogens is 1. The zero-order valence-electron chi connectivity index (χ0n) is 15.3. The number of likely N-dealkylation sites (tertiary alicyclic amines) is 1. The molecule has 0 spiro atoms. The Balaban J connectivity index is 1.24. The molecule has 26 heavy (non-hydrogen) atoms. The number of aryl methyl sites for hydroxylation is 1. The van der Waals surface area contributed by atoms with Gasteiger partial charge < -0.3 is 9.64 Å². The average Bonchev–Trinajstić information content (AvgIpc) is 3.43. The van der Waals surface area contributed by atoms with Crippen LogP contribution in [0.3, 0.4) is 0 Å². The first-order valence-electron chi connectivity index (χ1n) is 9.56.